The first-order valence-electron chi connectivity index (χ1n) is 8.59. The van der Waals surface area contributed by atoms with Crippen LogP contribution < -0.4 is 5.32 Å². The van der Waals surface area contributed by atoms with E-state index in [1.165, 1.54) is 16.7 Å². The molecule has 132 valence electrons. The zero-order valence-electron chi connectivity index (χ0n) is 15.0. The van der Waals surface area contributed by atoms with E-state index >= 15 is 0 Å². The van der Waals surface area contributed by atoms with Gasteiger partial charge in [-0.15, -0.1) is 11.8 Å². The molecule has 0 aliphatic heterocycles. The minimum atomic E-state index is -0.0897. The molecule has 0 radical (unpaired) electrons. The molecule has 0 aliphatic carbocycles. The van der Waals surface area contributed by atoms with Gasteiger partial charge in [0.15, 0.2) is 0 Å². The molecule has 26 heavy (non-hydrogen) atoms. The van der Waals surface area contributed by atoms with E-state index in [4.69, 9.17) is 0 Å². The number of aryl methyl sites for hydroxylation is 2. The van der Waals surface area contributed by atoms with Crippen LogP contribution in [0, 0.1) is 13.8 Å². The van der Waals surface area contributed by atoms with Crippen molar-refractivity contribution >= 4 is 17.7 Å². The van der Waals surface area contributed by atoms with E-state index in [0.29, 0.717) is 12.1 Å². The molecular weight excluding hydrogens is 340 g/mol. The lowest BCUT2D eigenvalue weighted by Crippen LogP contribution is -2.24. The van der Waals surface area contributed by atoms with E-state index in [1.807, 2.05) is 24.3 Å². The second-order valence-electron chi connectivity index (χ2n) is 6.24. The highest BCUT2D eigenvalue weighted by Crippen LogP contribution is 2.24. The van der Waals surface area contributed by atoms with Gasteiger partial charge >= 0.3 is 0 Å². The first-order chi connectivity index (χ1) is 12.6. The summed E-state index contributed by atoms with van der Waals surface area (Å²) in [6, 6.07) is 20.1. The minimum Gasteiger partial charge on any atom is -0.348 e. The Labute approximate surface area is 158 Å². The van der Waals surface area contributed by atoms with Gasteiger partial charge in [0.25, 0.3) is 5.91 Å². The maximum absolute atomic E-state index is 12.7. The van der Waals surface area contributed by atoms with Crippen LogP contribution in [-0.2, 0) is 12.3 Å². The summed E-state index contributed by atoms with van der Waals surface area (Å²) in [5, 5.41) is 3.77. The molecule has 0 aliphatic rings. The Morgan fingerprint density at radius 3 is 2.69 bits per heavy atom. The lowest BCUT2D eigenvalue weighted by atomic mass is 10.1. The molecule has 0 bridgehead atoms. The summed E-state index contributed by atoms with van der Waals surface area (Å²) in [4.78, 5) is 17.1. The number of nitrogens with one attached hydrogen (secondary N) is 1. The average molecular weight is 362 g/mol. The van der Waals surface area contributed by atoms with Gasteiger partial charge in [0, 0.05) is 18.5 Å². The van der Waals surface area contributed by atoms with Crippen LogP contribution in [0.5, 0.6) is 0 Å². The summed E-state index contributed by atoms with van der Waals surface area (Å²) in [6.07, 6.45) is 1.73. The number of carbonyl (C=O) groups excluding carboxylic acids is 1. The highest BCUT2D eigenvalue weighted by Gasteiger charge is 2.13. The van der Waals surface area contributed by atoms with Crippen molar-refractivity contribution in [3.05, 3.63) is 94.7 Å². The zero-order chi connectivity index (χ0) is 18.4. The van der Waals surface area contributed by atoms with Crippen molar-refractivity contribution in [1.82, 2.24) is 10.3 Å². The topological polar surface area (TPSA) is 42.0 Å². The van der Waals surface area contributed by atoms with Crippen molar-refractivity contribution < 1.29 is 4.79 Å². The molecule has 3 aromatic rings. The first kappa shape index (κ1) is 18.2. The molecule has 0 spiro atoms. The van der Waals surface area contributed by atoms with E-state index in [1.54, 1.807) is 24.0 Å². The van der Waals surface area contributed by atoms with Crippen LogP contribution in [0.15, 0.2) is 71.9 Å². The summed E-state index contributed by atoms with van der Waals surface area (Å²) in [6.45, 7) is 4.65. The molecule has 0 atom stereocenters. The maximum atomic E-state index is 12.7. The number of hydrogen-bond acceptors (Lipinski definition) is 3. The predicted octanol–water partition coefficient (Wildman–Crippen LogP) is 4.92. The number of carbonyl (C=O) groups is 1. The molecule has 0 fully saturated rings. The van der Waals surface area contributed by atoms with E-state index in [9.17, 15) is 4.79 Å². The molecule has 2 aromatic carbocycles. The Morgan fingerprint density at radius 1 is 1.04 bits per heavy atom. The second kappa shape index (κ2) is 8.68. The zero-order valence-corrected chi connectivity index (χ0v) is 15.8. The summed E-state index contributed by atoms with van der Waals surface area (Å²) < 4.78 is 0. The number of amides is 1. The molecule has 1 heterocycles. The van der Waals surface area contributed by atoms with Crippen LogP contribution in [0.4, 0.5) is 0 Å². The van der Waals surface area contributed by atoms with Crippen molar-refractivity contribution in [3.63, 3.8) is 0 Å². The van der Waals surface area contributed by atoms with Crippen molar-refractivity contribution in [2.75, 3.05) is 0 Å². The Hall–Kier alpha value is -2.59. The number of benzene rings is 2. The van der Waals surface area contributed by atoms with Crippen molar-refractivity contribution in [3.8, 4) is 0 Å². The van der Waals surface area contributed by atoms with Gasteiger partial charge in [0.2, 0.25) is 0 Å². The Bertz CT molecular complexity index is 908. The van der Waals surface area contributed by atoms with Gasteiger partial charge in [-0.25, -0.2) is 4.98 Å². The molecule has 4 heteroatoms. The molecule has 0 saturated carbocycles. The van der Waals surface area contributed by atoms with Crippen LogP contribution in [0.2, 0.25) is 0 Å². The third kappa shape index (κ3) is 4.73. The molecule has 1 amide bonds. The molecular formula is C22H22N2OS. The molecule has 3 rings (SSSR count). The van der Waals surface area contributed by atoms with Crippen LogP contribution in [0.1, 0.15) is 32.6 Å². The van der Waals surface area contributed by atoms with Gasteiger partial charge in [-0.1, -0.05) is 54.1 Å². The fourth-order valence-corrected chi connectivity index (χ4v) is 3.65. The third-order valence-corrected chi connectivity index (χ3v) is 5.25. The van der Waals surface area contributed by atoms with Crippen LogP contribution in [0.25, 0.3) is 0 Å². The monoisotopic (exact) mass is 362 g/mol. The molecule has 0 saturated heterocycles. The first-order valence-corrected chi connectivity index (χ1v) is 9.58. The van der Waals surface area contributed by atoms with Gasteiger partial charge in [-0.05, 0) is 42.7 Å². The Kier molecular flexibility index (Phi) is 6.08. The number of rotatable bonds is 6. The molecule has 0 unspecified atom stereocenters. The van der Waals surface area contributed by atoms with Gasteiger partial charge in [0.1, 0.15) is 5.03 Å². The lowest BCUT2D eigenvalue weighted by Gasteiger charge is -2.10. The smallest absolute Gasteiger partial charge is 0.254 e. The summed E-state index contributed by atoms with van der Waals surface area (Å²) >= 11 is 1.59. The molecule has 1 aromatic heterocycles. The van der Waals surface area contributed by atoms with Crippen molar-refractivity contribution in [1.29, 1.82) is 0 Å². The molecule has 3 nitrogen and oxygen atoms in total. The number of nitrogens with zero attached hydrogens (tertiary/aromatic N) is 1. The fourth-order valence-electron chi connectivity index (χ4n) is 2.71. The van der Waals surface area contributed by atoms with E-state index in [2.05, 4.69) is 54.5 Å². The standard InChI is InChI=1S/C22H22N2OS/c1-16-7-5-9-18(13-16)15-26-22-20(11-6-12-23-22)21(25)24-14-19-10-4-3-8-17(19)2/h3-13H,14-15H2,1-2H3,(H,24,25). The minimum absolute atomic E-state index is 0.0897. The quantitative estimate of drug-likeness (QED) is 0.633. The number of aromatic nitrogens is 1. The fraction of sp³-hybridized carbons (Fsp3) is 0.182. The number of hydrogen-bond donors (Lipinski definition) is 1. The van der Waals surface area contributed by atoms with Crippen molar-refractivity contribution in [2.24, 2.45) is 0 Å². The lowest BCUT2D eigenvalue weighted by molar-refractivity contribution is 0.0947. The predicted molar refractivity (Wildman–Crippen MR) is 107 cm³/mol. The van der Waals surface area contributed by atoms with Gasteiger partial charge in [-0.2, -0.15) is 0 Å². The maximum Gasteiger partial charge on any atom is 0.254 e. The van der Waals surface area contributed by atoms with Gasteiger partial charge in [0.05, 0.1) is 5.56 Å². The number of pyridine rings is 1. The van der Waals surface area contributed by atoms with E-state index < -0.39 is 0 Å². The molecule has 1 N–H and O–H groups in total. The van der Waals surface area contributed by atoms with Crippen LogP contribution in [0.3, 0.4) is 0 Å². The van der Waals surface area contributed by atoms with Gasteiger partial charge < -0.3 is 5.32 Å². The summed E-state index contributed by atoms with van der Waals surface area (Å²) in [7, 11) is 0. The summed E-state index contributed by atoms with van der Waals surface area (Å²) in [5.74, 6) is 0.699. The van der Waals surface area contributed by atoms with E-state index in [-0.39, 0.29) is 5.91 Å². The SMILES string of the molecule is Cc1cccc(CSc2ncccc2C(=O)NCc2ccccc2C)c1. The van der Waals surface area contributed by atoms with Gasteiger partial charge in [-0.3, -0.25) is 4.79 Å². The average Bonchev–Trinajstić information content (AvgIpc) is 2.66. The normalized spacial score (nSPS) is 10.5. The third-order valence-electron chi connectivity index (χ3n) is 4.17. The highest BCUT2D eigenvalue weighted by atomic mass is 32.2. The Balaban J connectivity index is 1.68. The van der Waals surface area contributed by atoms with Crippen molar-refractivity contribution in [2.45, 2.75) is 31.2 Å². The second-order valence-corrected chi connectivity index (χ2v) is 7.21. The highest BCUT2D eigenvalue weighted by molar-refractivity contribution is 7.98. The largest absolute Gasteiger partial charge is 0.348 e. The van der Waals surface area contributed by atoms with Crippen LogP contribution >= 0.6 is 11.8 Å². The Morgan fingerprint density at radius 2 is 1.88 bits per heavy atom. The number of thioether (sulfide) groups is 1. The summed E-state index contributed by atoms with van der Waals surface area (Å²) in [5.41, 5.74) is 5.39. The van der Waals surface area contributed by atoms with E-state index in [0.717, 1.165) is 16.3 Å². The van der Waals surface area contributed by atoms with Crippen LogP contribution in [-0.4, -0.2) is 10.9 Å².